The second-order valence-electron chi connectivity index (χ2n) is 5.76. The van der Waals surface area contributed by atoms with Gasteiger partial charge in [0.2, 0.25) is 0 Å². The fourth-order valence-corrected chi connectivity index (χ4v) is 2.60. The lowest BCUT2D eigenvalue weighted by Crippen LogP contribution is -2.48. The summed E-state index contributed by atoms with van der Waals surface area (Å²) in [4.78, 5) is 5.50. The second-order valence-corrected chi connectivity index (χ2v) is 6.28. The zero-order valence-electron chi connectivity index (χ0n) is 12.6. The molecule has 19 heavy (non-hydrogen) atoms. The van der Waals surface area contributed by atoms with Crippen molar-refractivity contribution in [1.82, 2.24) is 9.80 Å². The van der Waals surface area contributed by atoms with Crippen LogP contribution in [0.5, 0.6) is 0 Å². The highest BCUT2D eigenvalue weighted by molar-refractivity contribution is 7.80. The van der Waals surface area contributed by atoms with Gasteiger partial charge in [-0.25, -0.2) is 0 Å². The first kappa shape index (κ1) is 16.8. The lowest BCUT2D eigenvalue weighted by Gasteiger charge is -2.35. The van der Waals surface area contributed by atoms with Gasteiger partial charge >= 0.3 is 0 Å². The summed E-state index contributed by atoms with van der Waals surface area (Å²) in [5.41, 5.74) is 5.61. The SMILES string of the molecule is CCN1CCOC(CN(CCC(N)=S)CC(C)C)C1. The van der Waals surface area contributed by atoms with Crippen LogP contribution in [0.1, 0.15) is 27.2 Å². The fourth-order valence-electron chi connectivity index (χ4n) is 2.51. The summed E-state index contributed by atoms with van der Waals surface area (Å²) >= 11 is 4.98. The third-order valence-electron chi connectivity index (χ3n) is 3.43. The standard InChI is InChI=1S/C14H29N3OS/c1-4-16-7-8-18-13(10-16)11-17(9-12(2)3)6-5-14(15)19/h12-13H,4-11H2,1-3H3,(H2,15,19). The highest BCUT2D eigenvalue weighted by atomic mass is 32.1. The molecule has 0 bridgehead atoms. The van der Waals surface area contributed by atoms with Gasteiger partial charge in [0.15, 0.2) is 0 Å². The highest BCUT2D eigenvalue weighted by Crippen LogP contribution is 2.09. The summed E-state index contributed by atoms with van der Waals surface area (Å²) in [5, 5.41) is 0. The van der Waals surface area contributed by atoms with Gasteiger partial charge in [-0.05, 0) is 12.5 Å². The van der Waals surface area contributed by atoms with E-state index in [9.17, 15) is 0 Å². The van der Waals surface area contributed by atoms with Gasteiger partial charge in [0, 0.05) is 39.1 Å². The van der Waals surface area contributed by atoms with Gasteiger partial charge < -0.3 is 15.4 Å². The van der Waals surface area contributed by atoms with E-state index in [1.165, 1.54) is 0 Å². The summed E-state index contributed by atoms with van der Waals surface area (Å²) in [6.45, 7) is 13.8. The van der Waals surface area contributed by atoms with Crippen molar-refractivity contribution in [3.8, 4) is 0 Å². The summed E-state index contributed by atoms with van der Waals surface area (Å²) in [5.74, 6) is 0.650. The minimum atomic E-state index is 0.318. The van der Waals surface area contributed by atoms with E-state index >= 15 is 0 Å². The molecule has 1 fully saturated rings. The van der Waals surface area contributed by atoms with Crippen LogP contribution in [0.2, 0.25) is 0 Å². The van der Waals surface area contributed by atoms with Crippen LogP contribution in [0.4, 0.5) is 0 Å². The first-order valence-electron chi connectivity index (χ1n) is 7.35. The summed E-state index contributed by atoms with van der Waals surface area (Å²) in [6, 6.07) is 0. The van der Waals surface area contributed by atoms with Gasteiger partial charge in [-0.15, -0.1) is 0 Å². The molecule has 0 aromatic carbocycles. The maximum absolute atomic E-state index is 5.88. The van der Waals surface area contributed by atoms with Gasteiger partial charge in [0.1, 0.15) is 0 Å². The predicted molar refractivity (Wildman–Crippen MR) is 84.5 cm³/mol. The highest BCUT2D eigenvalue weighted by Gasteiger charge is 2.22. The Morgan fingerprint density at radius 2 is 2.26 bits per heavy atom. The van der Waals surface area contributed by atoms with Gasteiger partial charge in [-0.3, -0.25) is 4.90 Å². The predicted octanol–water partition coefficient (Wildman–Crippen LogP) is 1.34. The molecule has 1 aliphatic heterocycles. The molecular weight excluding hydrogens is 258 g/mol. The van der Waals surface area contributed by atoms with E-state index in [0.29, 0.717) is 17.0 Å². The van der Waals surface area contributed by atoms with Crippen LogP contribution < -0.4 is 5.73 Å². The second kappa shape index (κ2) is 8.84. The topological polar surface area (TPSA) is 41.7 Å². The molecule has 112 valence electrons. The number of rotatable bonds is 8. The van der Waals surface area contributed by atoms with Crippen molar-refractivity contribution in [2.45, 2.75) is 33.3 Å². The number of hydrogen-bond acceptors (Lipinski definition) is 4. The number of thiocarbonyl (C=S) groups is 1. The Kier molecular flexibility index (Phi) is 7.83. The van der Waals surface area contributed by atoms with E-state index in [4.69, 9.17) is 22.7 Å². The molecule has 4 nitrogen and oxygen atoms in total. The molecule has 5 heteroatoms. The lowest BCUT2D eigenvalue weighted by atomic mass is 10.1. The Bertz CT molecular complexity index is 273. The molecular formula is C14H29N3OS. The molecule has 0 radical (unpaired) electrons. The summed E-state index contributed by atoms with van der Waals surface area (Å²) in [6.07, 6.45) is 1.12. The lowest BCUT2D eigenvalue weighted by molar-refractivity contribution is -0.0426. The van der Waals surface area contributed by atoms with E-state index in [2.05, 4.69) is 30.6 Å². The van der Waals surface area contributed by atoms with Crippen molar-refractivity contribution in [3.63, 3.8) is 0 Å². The van der Waals surface area contributed by atoms with Crippen LogP contribution in [0.3, 0.4) is 0 Å². The number of likely N-dealkylation sites (N-methyl/N-ethyl adjacent to an activating group) is 1. The third-order valence-corrected chi connectivity index (χ3v) is 3.63. The average molecular weight is 287 g/mol. The molecule has 0 amide bonds. The van der Waals surface area contributed by atoms with Gasteiger partial charge in [0.05, 0.1) is 17.7 Å². The molecule has 1 unspecified atom stereocenters. The smallest absolute Gasteiger partial charge is 0.0829 e. The van der Waals surface area contributed by atoms with Crippen LogP contribution >= 0.6 is 12.2 Å². The van der Waals surface area contributed by atoms with Crippen LogP contribution in [0, 0.1) is 5.92 Å². The maximum atomic E-state index is 5.88. The van der Waals surface area contributed by atoms with Gasteiger partial charge in [-0.2, -0.15) is 0 Å². The number of hydrogen-bond donors (Lipinski definition) is 1. The quantitative estimate of drug-likeness (QED) is 0.682. The average Bonchev–Trinajstić information content (AvgIpc) is 2.35. The van der Waals surface area contributed by atoms with Crippen molar-refractivity contribution < 1.29 is 4.74 Å². The molecule has 0 saturated carbocycles. The van der Waals surface area contributed by atoms with Crippen LogP contribution in [-0.2, 0) is 4.74 Å². The Balaban J connectivity index is 2.43. The molecule has 1 aliphatic rings. The minimum absolute atomic E-state index is 0.318. The summed E-state index contributed by atoms with van der Waals surface area (Å²) in [7, 11) is 0. The Morgan fingerprint density at radius 3 is 2.84 bits per heavy atom. The minimum Gasteiger partial charge on any atom is -0.393 e. The van der Waals surface area contributed by atoms with Crippen molar-refractivity contribution in [1.29, 1.82) is 0 Å². The first-order chi connectivity index (χ1) is 9.01. The fraction of sp³-hybridized carbons (Fsp3) is 0.929. The van der Waals surface area contributed by atoms with Crippen LogP contribution in [0.25, 0.3) is 0 Å². The summed E-state index contributed by atoms with van der Waals surface area (Å²) < 4.78 is 5.88. The van der Waals surface area contributed by atoms with Gasteiger partial charge in [0.25, 0.3) is 0 Å². The molecule has 0 aliphatic carbocycles. The molecule has 0 aromatic rings. The maximum Gasteiger partial charge on any atom is 0.0829 e. The zero-order valence-corrected chi connectivity index (χ0v) is 13.4. The van der Waals surface area contributed by atoms with Crippen LogP contribution in [-0.4, -0.2) is 66.8 Å². The van der Waals surface area contributed by atoms with E-state index < -0.39 is 0 Å². The van der Waals surface area contributed by atoms with E-state index in [1.54, 1.807) is 0 Å². The molecule has 0 aromatic heterocycles. The molecule has 1 atom stereocenters. The number of morpholine rings is 1. The van der Waals surface area contributed by atoms with Crippen molar-refractivity contribution in [3.05, 3.63) is 0 Å². The largest absolute Gasteiger partial charge is 0.393 e. The van der Waals surface area contributed by atoms with E-state index in [-0.39, 0.29) is 0 Å². The van der Waals surface area contributed by atoms with Crippen molar-refractivity contribution in [2.75, 3.05) is 45.9 Å². The van der Waals surface area contributed by atoms with Gasteiger partial charge in [-0.1, -0.05) is 33.0 Å². The Hall–Kier alpha value is -0.230. The number of nitrogens with two attached hydrogens (primary N) is 1. The third kappa shape index (κ3) is 7.20. The Morgan fingerprint density at radius 1 is 1.53 bits per heavy atom. The molecule has 1 heterocycles. The molecule has 2 N–H and O–H groups in total. The molecule has 1 saturated heterocycles. The van der Waals surface area contributed by atoms with E-state index in [0.717, 1.165) is 52.3 Å². The molecule has 1 rings (SSSR count). The zero-order chi connectivity index (χ0) is 14.3. The Labute approximate surface area is 123 Å². The van der Waals surface area contributed by atoms with E-state index in [1.807, 2.05) is 0 Å². The monoisotopic (exact) mass is 287 g/mol. The molecule has 0 spiro atoms. The van der Waals surface area contributed by atoms with Crippen molar-refractivity contribution >= 4 is 17.2 Å². The number of nitrogens with zero attached hydrogens (tertiary/aromatic N) is 2. The first-order valence-corrected chi connectivity index (χ1v) is 7.76. The number of ether oxygens (including phenoxy) is 1. The normalized spacial score (nSPS) is 21.2. The van der Waals surface area contributed by atoms with Crippen molar-refractivity contribution in [2.24, 2.45) is 11.7 Å². The van der Waals surface area contributed by atoms with Crippen LogP contribution in [0.15, 0.2) is 0 Å².